The predicted octanol–water partition coefficient (Wildman–Crippen LogP) is 4.47. The van der Waals surface area contributed by atoms with Crippen molar-refractivity contribution >= 4 is 16.9 Å². The number of rotatable bonds is 7. The summed E-state index contributed by atoms with van der Waals surface area (Å²) in [6.45, 7) is 9.94. The number of benzene rings is 2. The van der Waals surface area contributed by atoms with Gasteiger partial charge < -0.3 is 9.88 Å². The molecule has 0 aliphatic heterocycles. The highest BCUT2D eigenvalue weighted by Crippen LogP contribution is 2.22. The highest BCUT2D eigenvalue weighted by molar-refractivity contribution is 5.77. The Morgan fingerprint density at radius 1 is 1.11 bits per heavy atom. The van der Waals surface area contributed by atoms with Gasteiger partial charge in [0, 0.05) is 25.9 Å². The van der Waals surface area contributed by atoms with Crippen molar-refractivity contribution in [1.82, 2.24) is 14.9 Å². The molecule has 0 atom stereocenters. The van der Waals surface area contributed by atoms with Crippen LogP contribution < -0.4 is 5.32 Å². The first-order valence-electron chi connectivity index (χ1n) is 9.77. The number of nitrogens with zero attached hydrogens (tertiary/aromatic N) is 2. The van der Waals surface area contributed by atoms with Gasteiger partial charge in [-0.2, -0.15) is 0 Å². The number of nitrogens with one attached hydrogen (secondary N) is 1. The average Bonchev–Trinajstić information content (AvgIpc) is 2.95. The van der Waals surface area contributed by atoms with E-state index in [0.29, 0.717) is 13.0 Å². The fourth-order valence-corrected chi connectivity index (χ4v) is 3.74. The molecule has 0 radical (unpaired) electrons. The zero-order valence-electron chi connectivity index (χ0n) is 16.8. The van der Waals surface area contributed by atoms with E-state index in [2.05, 4.69) is 61.0 Å². The lowest BCUT2D eigenvalue weighted by molar-refractivity contribution is -0.121. The Morgan fingerprint density at radius 3 is 2.52 bits per heavy atom. The van der Waals surface area contributed by atoms with E-state index in [1.54, 1.807) is 0 Å². The lowest BCUT2D eigenvalue weighted by atomic mass is 9.99. The van der Waals surface area contributed by atoms with E-state index in [1.165, 1.54) is 22.3 Å². The van der Waals surface area contributed by atoms with E-state index in [4.69, 9.17) is 4.98 Å². The van der Waals surface area contributed by atoms with E-state index >= 15 is 0 Å². The van der Waals surface area contributed by atoms with Crippen molar-refractivity contribution in [3.05, 3.63) is 64.5 Å². The van der Waals surface area contributed by atoms with Crippen LogP contribution in [0.4, 0.5) is 0 Å². The fraction of sp³-hybridized carbons (Fsp3) is 0.391. The molecule has 0 fully saturated rings. The summed E-state index contributed by atoms with van der Waals surface area (Å²) in [6.07, 6.45) is 2.18. The molecule has 0 bridgehead atoms. The lowest BCUT2D eigenvalue weighted by Gasteiger charge is -2.15. The third kappa shape index (κ3) is 4.38. The summed E-state index contributed by atoms with van der Waals surface area (Å²) in [4.78, 5) is 16.6. The number of fused-ring (bicyclic) bond motifs is 1. The normalized spacial score (nSPS) is 11.1. The van der Waals surface area contributed by atoms with Crippen LogP contribution in [0.25, 0.3) is 11.0 Å². The molecule has 0 saturated heterocycles. The summed E-state index contributed by atoms with van der Waals surface area (Å²) in [5.74, 6) is 1.14. The largest absolute Gasteiger partial charge is 0.356 e. The molecule has 1 aromatic heterocycles. The van der Waals surface area contributed by atoms with E-state index in [-0.39, 0.29) is 5.91 Å². The Bertz CT molecular complexity index is 932. The van der Waals surface area contributed by atoms with Crippen LogP contribution in [0.3, 0.4) is 0 Å². The molecule has 1 N–H and O–H groups in total. The van der Waals surface area contributed by atoms with Crippen LogP contribution in [-0.4, -0.2) is 22.0 Å². The number of hydrogen-bond donors (Lipinski definition) is 1. The van der Waals surface area contributed by atoms with Crippen molar-refractivity contribution in [2.24, 2.45) is 0 Å². The van der Waals surface area contributed by atoms with Gasteiger partial charge in [-0.25, -0.2) is 4.98 Å². The molecule has 0 spiro atoms. The second-order valence-electron chi connectivity index (χ2n) is 7.33. The van der Waals surface area contributed by atoms with Crippen molar-refractivity contribution in [2.75, 3.05) is 6.54 Å². The quantitative estimate of drug-likeness (QED) is 0.673. The van der Waals surface area contributed by atoms with Gasteiger partial charge in [-0.15, -0.1) is 0 Å². The number of aryl methyl sites for hydroxylation is 3. The van der Waals surface area contributed by atoms with Crippen molar-refractivity contribution in [3.63, 3.8) is 0 Å². The maximum atomic E-state index is 11.8. The molecular formula is C23H29N3O. The highest BCUT2D eigenvalue weighted by Gasteiger charge is 2.13. The molecule has 27 heavy (non-hydrogen) atoms. The summed E-state index contributed by atoms with van der Waals surface area (Å²) in [7, 11) is 0. The zero-order chi connectivity index (χ0) is 19.4. The number of hydrogen-bond acceptors (Lipinski definition) is 2. The minimum absolute atomic E-state index is 0.116. The summed E-state index contributed by atoms with van der Waals surface area (Å²) < 4.78 is 2.30. The maximum absolute atomic E-state index is 11.8. The number of para-hydroxylation sites is 2. The van der Waals surface area contributed by atoms with Gasteiger partial charge in [0.1, 0.15) is 5.82 Å². The number of carbonyl (C=O) groups is 1. The summed E-state index contributed by atoms with van der Waals surface area (Å²) in [5, 5.41) is 3.01. The highest BCUT2D eigenvalue weighted by atomic mass is 16.1. The van der Waals surface area contributed by atoms with Crippen molar-refractivity contribution in [3.8, 4) is 0 Å². The van der Waals surface area contributed by atoms with Gasteiger partial charge in [0.2, 0.25) is 5.91 Å². The van der Waals surface area contributed by atoms with E-state index in [0.717, 1.165) is 36.2 Å². The molecule has 0 aliphatic rings. The Labute approximate surface area is 161 Å². The van der Waals surface area contributed by atoms with Crippen LogP contribution in [0.2, 0.25) is 0 Å². The van der Waals surface area contributed by atoms with Gasteiger partial charge in [-0.1, -0.05) is 36.8 Å². The van der Waals surface area contributed by atoms with Crippen LogP contribution in [-0.2, 0) is 17.8 Å². The van der Waals surface area contributed by atoms with Crippen molar-refractivity contribution in [1.29, 1.82) is 0 Å². The van der Waals surface area contributed by atoms with Gasteiger partial charge in [-0.05, 0) is 56.0 Å². The van der Waals surface area contributed by atoms with Gasteiger partial charge in [-0.3, -0.25) is 4.79 Å². The molecule has 3 rings (SSSR count). The van der Waals surface area contributed by atoms with Crippen molar-refractivity contribution < 1.29 is 4.79 Å². The standard InChI is InChI=1S/C23H29N3O/c1-5-8-23(27)24-12-11-22-25-20-9-6-7-10-21(20)26(22)15-19-17(3)13-16(2)14-18(19)4/h6-7,9-10,13-14H,5,8,11-12,15H2,1-4H3,(H,24,27). The zero-order valence-corrected chi connectivity index (χ0v) is 16.8. The number of amides is 1. The van der Waals surface area contributed by atoms with Crippen LogP contribution in [0.5, 0.6) is 0 Å². The summed E-state index contributed by atoms with van der Waals surface area (Å²) in [6, 6.07) is 12.7. The fourth-order valence-electron chi connectivity index (χ4n) is 3.74. The number of imidazole rings is 1. The molecule has 4 heteroatoms. The number of carbonyl (C=O) groups excluding carboxylic acids is 1. The molecule has 142 valence electrons. The summed E-state index contributed by atoms with van der Waals surface area (Å²) >= 11 is 0. The average molecular weight is 364 g/mol. The SMILES string of the molecule is CCCC(=O)NCCc1nc2ccccc2n1Cc1c(C)cc(C)cc1C. The molecule has 1 heterocycles. The van der Waals surface area contributed by atoms with E-state index in [9.17, 15) is 4.79 Å². The maximum Gasteiger partial charge on any atom is 0.219 e. The Morgan fingerprint density at radius 2 is 1.81 bits per heavy atom. The van der Waals surface area contributed by atoms with Crippen molar-refractivity contribution in [2.45, 2.75) is 53.5 Å². The first-order valence-corrected chi connectivity index (χ1v) is 9.77. The van der Waals surface area contributed by atoms with Crippen LogP contribution in [0.1, 0.15) is 47.8 Å². The second-order valence-corrected chi connectivity index (χ2v) is 7.33. The van der Waals surface area contributed by atoms with Crippen LogP contribution in [0, 0.1) is 20.8 Å². The molecule has 1 amide bonds. The minimum atomic E-state index is 0.116. The lowest BCUT2D eigenvalue weighted by Crippen LogP contribution is -2.26. The topological polar surface area (TPSA) is 46.9 Å². The Balaban J connectivity index is 1.90. The van der Waals surface area contributed by atoms with E-state index < -0.39 is 0 Å². The van der Waals surface area contributed by atoms with Gasteiger partial charge >= 0.3 is 0 Å². The molecule has 4 nitrogen and oxygen atoms in total. The third-order valence-electron chi connectivity index (χ3n) is 5.04. The van der Waals surface area contributed by atoms with Crippen LogP contribution in [0.15, 0.2) is 36.4 Å². The number of aromatic nitrogens is 2. The smallest absolute Gasteiger partial charge is 0.219 e. The van der Waals surface area contributed by atoms with Crippen LogP contribution >= 0.6 is 0 Å². The molecule has 3 aromatic rings. The Hall–Kier alpha value is -2.62. The predicted molar refractivity (Wildman–Crippen MR) is 111 cm³/mol. The Kier molecular flexibility index (Phi) is 5.94. The van der Waals surface area contributed by atoms with Gasteiger partial charge in [0.05, 0.1) is 11.0 Å². The molecule has 0 unspecified atom stereocenters. The molecular weight excluding hydrogens is 334 g/mol. The summed E-state index contributed by atoms with van der Waals surface area (Å²) in [5.41, 5.74) is 7.42. The minimum Gasteiger partial charge on any atom is -0.356 e. The second kappa shape index (κ2) is 8.38. The first kappa shape index (κ1) is 19.2. The van der Waals surface area contributed by atoms with E-state index in [1.807, 2.05) is 13.0 Å². The van der Waals surface area contributed by atoms with Gasteiger partial charge in [0.25, 0.3) is 0 Å². The molecule has 0 aliphatic carbocycles. The molecule has 2 aromatic carbocycles. The first-order chi connectivity index (χ1) is 13.0. The molecule has 0 saturated carbocycles. The van der Waals surface area contributed by atoms with Gasteiger partial charge in [0.15, 0.2) is 0 Å². The monoisotopic (exact) mass is 363 g/mol. The third-order valence-corrected chi connectivity index (χ3v) is 5.04.